The lowest BCUT2D eigenvalue weighted by Crippen LogP contribution is -2.45. The number of hydrogen-bond acceptors (Lipinski definition) is 5. The van der Waals surface area contributed by atoms with Gasteiger partial charge in [0.05, 0.1) is 16.8 Å². The maximum Gasteiger partial charge on any atom is 0.358 e. The second-order valence-corrected chi connectivity index (χ2v) is 8.39. The summed E-state index contributed by atoms with van der Waals surface area (Å²) in [6.45, 7) is 0.197. The molecule has 0 aliphatic heterocycles. The molecule has 0 bridgehead atoms. The Balaban J connectivity index is 1.70. The van der Waals surface area contributed by atoms with Crippen LogP contribution < -0.4 is 11.2 Å². The molecule has 0 unspecified atom stereocenters. The van der Waals surface area contributed by atoms with Gasteiger partial charge in [0.25, 0.3) is 0 Å². The molecule has 1 aliphatic rings. The predicted molar refractivity (Wildman–Crippen MR) is 127 cm³/mol. The van der Waals surface area contributed by atoms with Crippen LogP contribution in [0.4, 0.5) is 5.69 Å². The van der Waals surface area contributed by atoms with E-state index in [1.807, 2.05) is 60.7 Å². The lowest BCUT2D eigenvalue weighted by Gasteiger charge is -2.27. The van der Waals surface area contributed by atoms with Crippen LogP contribution in [0.25, 0.3) is 16.9 Å². The molecule has 2 aromatic carbocycles. The molecule has 1 saturated carbocycles. The molecular formula is C25H23N5O4. The first kappa shape index (κ1) is 21.6. The summed E-state index contributed by atoms with van der Waals surface area (Å²) in [5.41, 5.74) is 0.137. The van der Waals surface area contributed by atoms with Crippen molar-refractivity contribution in [2.45, 2.75) is 38.3 Å². The van der Waals surface area contributed by atoms with E-state index < -0.39 is 21.9 Å². The monoisotopic (exact) mass is 457 g/mol. The highest BCUT2D eigenvalue weighted by Gasteiger charge is 2.33. The van der Waals surface area contributed by atoms with Gasteiger partial charge in [-0.05, 0) is 43.4 Å². The van der Waals surface area contributed by atoms with Crippen LogP contribution in [0.15, 0.2) is 82.6 Å². The van der Waals surface area contributed by atoms with Gasteiger partial charge in [0, 0.05) is 24.3 Å². The third-order valence-electron chi connectivity index (χ3n) is 6.32. The Labute approximate surface area is 194 Å². The number of aromatic nitrogens is 4. The number of benzene rings is 2. The van der Waals surface area contributed by atoms with Gasteiger partial charge in [0.1, 0.15) is 5.69 Å². The number of nitrogens with zero attached hydrogens (tertiary/aromatic N) is 5. The molecule has 0 N–H and O–H groups in total. The van der Waals surface area contributed by atoms with Gasteiger partial charge in [0.15, 0.2) is 0 Å². The van der Waals surface area contributed by atoms with Crippen molar-refractivity contribution in [3.63, 3.8) is 0 Å². The van der Waals surface area contributed by atoms with Crippen molar-refractivity contribution >= 4 is 5.69 Å². The maximum absolute atomic E-state index is 13.6. The summed E-state index contributed by atoms with van der Waals surface area (Å²) in [6.07, 6.45) is 5.78. The van der Waals surface area contributed by atoms with Gasteiger partial charge in [-0.15, -0.1) is 0 Å². The summed E-state index contributed by atoms with van der Waals surface area (Å²) < 4.78 is 4.03. The lowest BCUT2D eigenvalue weighted by molar-refractivity contribution is -0.386. The van der Waals surface area contributed by atoms with Crippen molar-refractivity contribution in [1.29, 1.82) is 0 Å². The van der Waals surface area contributed by atoms with Gasteiger partial charge in [0.2, 0.25) is 0 Å². The molecule has 9 heteroatoms. The number of aryl methyl sites for hydroxylation is 1. The largest absolute Gasteiger partial charge is 0.358 e. The van der Waals surface area contributed by atoms with E-state index in [9.17, 15) is 19.7 Å². The first-order valence-corrected chi connectivity index (χ1v) is 11.2. The molecule has 34 heavy (non-hydrogen) atoms. The summed E-state index contributed by atoms with van der Waals surface area (Å²) in [6, 6.07) is 18.6. The molecule has 5 rings (SSSR count). The molecule has 2 aromatic heterocycles. The summed E-state index contributed by atoms with van der Waals surface area (Å²) in [5, 5.41) is 16.5. The topological polar surface area (TPSA) is 105 Å². The molecular weight excluding hydrogens is 434 g/mol. The Kier molecular flexibility index (Phi) is 5.67. The number of nitro groups is 1. The molecule has 0 amide bonds. The van der Waals surface area contributed by atoms with E-state index in [1.165, 1.54) is 10.8 Å². The minimum absolute atomic E-state index is 0.00585. The van der Waals surface area contributed by atoms with E-state index in [0.29, 0.717) is 24.8 Å². The number of hydrogen-bond donors (Lipinski definition) is 0. The zero-order chi connectivity index (χ0) is 23.7. The van der Waals surface area contributed by atoms with Gasteiger partial charge in [-0.25, -0.2) is 9.48 Å². The van der Waals surface area contributed by atoms with Crippen LogP contribution in [0.2, 0.25) is 0 Å². The minimum atomic E-state index is -0.849. The second kappa shape index (κ2) is 8.93. The molecule has 1 fully saturated rings. The highest BCUT2D eigenvalue weighted by molar-refractivity contribution is 5.68. The van der Waals surface area contributed by atoms with E-state index in [0.717, 1.165) is 22.2 Å². The molecule has 0 spiro atoms. The summed E-state index contributed by atoms with van der Waals surface area (Å²) in [4.78, 5) is 38.3. The SMILES string of the molecule is O=c1c([N+](=O)[O-])c(-c2cnn(-c3ccccc3)c2)n(CCc2ccccc2)c(=O)n1C1CCC1. The van der Waals surface area contributed by atoms with Crippen molar-refractivity contribution < 1.29 is 4.92 Å². The van der Waals surface area contributed by atoms with E-state index in [2.05, 4.69) is 5.10 Å². The molecule has 4 aromatic rings. The maximum atomic E-state index is 13.6. The zero-order valence-electron chi connectivity index (χ0n) is 18.4. The van der Waals surface area contributed by atoms with Crippen molar-refractivity contribution in [3.8, 4) is 16.9 Å². The van der Waals surface area contributed by atoms with Gasteiger partial charge in [-0.1, -0.05) is 48.5 Å². The van der Waals surface area contributed by atoms with Crippen molar-refractivity contribution in [2.75, 3.05) is 0 Å². The van der Waals surface area contributed by atoms with Crippen LogP contribution in [-0.2, 0) is 13.0 Å². The summed E-state index contributed by atoms with van der Waals surface area (Å²) in [7, 11) is 0. The van der Waals surface area contributed by atoms with E-state index >= 15 is 0 Å². The van der Waals surface area contributed by atoms with E-state index in [-0.39, 0.29) is 18.3 Å². The predicted octanol–water partition coefficient (Wildman–Crippen LogP) is 3.74. The van der Waals surface area contributed by atoms with E-state index in [1.54, 1.807) is 10.9 Å². The fourth-order valence-corrected chi connectivity index (χ4v) is 4.34. The molecule has 2 heterocycles. The summed E-state index contributed by atoms with van der Waals surface area (Å²) in [5.74, 6) is 0. The van der Waals surface area contributed by atoms with E-state index in [4.69, 9.17) is 0 Å². The lowest BCUT2D eigenvalue weighted by atomic mass is 9.93. The molecule has 9 nitrogen and oxygen atoms in total. The average Bonchev–Trinajstić information content (AvgIpc) is 3.30. The first-order valence-electron chi connectivity index (χ1n) is 11.2. The van der Waals surface area contributed by atoms with Crippen molar-refractivity contribution in [3.05, 3.63) is 110 Å². The fraction of sp³-hybridized carbons (Fsp3) is 0.240. The third-order valence-corrected chi connectivity index (χ3v) is 6.32. The average molecular weight is 457 g/mol. The Morgan fingerprint density at radius 3 is 2.29 bits per heavy atom. The Hall–Kier alpha value is -4.27. The molecule has 0 atom stereocenters. The number of rotatable bonds is 7. The third kappa shape index (κ3) is 3.85. The standard InChI is InChI=1S/C25H23N5O4/c31-24-23(30(33)34)22(19-16-26-28(17-19)20-10-5-2-6-11-20)27(15-14-18-8-3-1-4-9-18)25(32)29(24)21-12-7-13-21/h1-6,8-11,16-17,21H,7,12-15H2. The normalized spacial score (nSPS) is 13.5. The molecule has 172 valence electrons. The van der Waals surface area contributed by atoms with Crippen LogP contribution >= 0.6 is 0 Å². The van der Waals surface area contributed by atoms with Crippen LogP contribution in [0, 0.1) is 10.1 Å². The Morgan fingerprint density at radius 1 is 1.00 bits per heavy atom. The van der Waals surface area contributed by atoms with Gasteiger partial charge in [-0.3, -0.25) is 24.0 Å². The van der Waals surface area contributed by atoms with Crippen molar-refractivity contribution in [2.24, 2.45) is 0 Å². The van der Waals surface area contributed by atoms with Crippen LogP contribution in [0.3, 0.4) is 0 Å². The molecule has 1 aliphatic carbocycles. The van der Waals surface area contributed by atoms with Crippen molar-refractivity contribution in [1.82, 2.24) is 18.9 Å². The fourth-order valence-electron chi connectivity index (χ4n) is 4.34. The Morgan fingerprint density at radius 2 is 1.68 bits per heavy atom. The van der Waals surface area contributed by atoms with Gasteiger partial charge in [-0.2, -0.15) is 5.10 Å². The van der Waals surface area contributed by atoms with Gasteiger partial charge >= 0.3 is 16.9 Å². The molecule has 0 radical (unpaired) electrons. The van der Waals surface area contributed by atoms with Crippen LogP contribution in [0.5, 0.6) is 0 Å². The Bertz CT molecular complexity index is 1450. The molecule has 0 saturated heterocycles. The second-order valence-electron chi connectivity index (χ2n) is 8.39. The highest BCUT2D eigenvalue weighted by atomic mass is 16.6. The quantitative estimate of drug-likeness (QED) is 0.311. The minimum Gasteiger partial charge on any atom is -0.287 e. The van der Waals surface area contributed by atoms with Gasteiger partial charge < -0.3 is 0 Å². The number of para-hydroxylation sites is 1. The summed E-state index contributed by atoms with van der Waals surface area (Å²) >= 11 is 0. The smallest absolute Gasteiger partial charge is 0.287 e. The highest BCUT2D eigenvalue weighted by Crippen LogP contribution is 2.32. The van der Waals surface area contributed by atoms with Crippen LogP contribution in [-0.4, -0.2) is 23.8 Å². The van der Waals surface area contributed by atoms with Crippen LogP contribution in [0.1, 0.15) is 30.9 Å². The first-order chi connectivity index (χ1) is 16.5. The zero-order valence-corrected chi connectivity index (χ0v) is 18.4.